The molecular formula is C25H26N4O. The summed E-state index contributed by atoms with van der Waals surface area (Å²) in [7, 11) is 1.68. The average Bonchev–Trinajstić information content (AvgIpc) is 3.59. The van der Waals surface area contributed by atoms with Crippen LogP contribution in [-0.2, 0) is 10.2 Å². The first-order valence-corrected chi connectivity index (χ1v) is 10.5. The van der Waals surface area contributed by atoms with Crippen molar-refractivity contribution in [3.63, 3.8) is 0 Å². The van der Waals surface area contributed by atoms with Crippen LogP contribution in [0.25, 0.3) is 0 Å². The first-order chi connectivity index (χ1) is 14.3. The highest BCUT2D eigenvalue weighted by Gasteiger charge is 2.48. The molecule has 0 bridgehead atoms. The Labute approximate surface area is 177 Å². The second kappa shape index (κ2) is 7.26. The number of carbonyl (C=O) groups excluding carboxylic acids is 1. The van der Waals surface area contributed by atoms with Crippen LogP contribution in [0.2, 0.25) is 0 Å². The Morgan fingerprint density at radius 1 is 1.17 bits per heavy atom. The summed E-state index contributed by atoms with van der Waals surface area (Å²) in [4.78, 5) is 15.0. The summed E-state index contributed by atoms with van der Waals surface area (Å²) in [5.41, 5.74) is 2.03. The number of rotatable bonds is 3. The number of nitrogens with zero attached hydrogens (tertiary/aromatic N) is 3. The maximum absolute atomic E-state index is 13.5. The van der Waals surface area contributed by atoms with Crippen molar-refractivity contribution < 1.29 is 4.79 Å². The third-order valence-corrected chi connectivity index (χ3v) is 7.15. The van der Waals surface area contributed by atoms with Crippen LogP contribution in [0.1, 0.15) is 56.1 Å². The second-order valence-corrected chi connectivity index (χ2v) is 9.01. The number of likely N-dealkylation sites (N-methyl/N-ethyl adjacent to an activating group) is 1. The van der Waals surface area contributed by atoms with E-state index in [1.807, 2.05) is 42.5 Å². The molecule has 4 rings (SSSR count). The van der Waals surface area contributed by atoms with E-state index in [4.69, 9.17) is 5.41 Å². The molecule has 1 amide bonds. The second-order valence-electron chi connectivity index (χ2n) is 9.01. The molecule has 5 heteroatoms. The highest BCUT2D eigenvalue weighted by Crippen LogP contribution is 2.51. The number of hydrogen-bond donors (Lipinski definition) is 1. The molecule has 3 aliphatic rings. The van der Waals surface area contributed by atoms with Crippen molar-refractivity contribution in [1.82, 2.24) is 4.90 Å². The predicted molar refractivity (Wildman–Crippen MR) is 114 cm³/mol. The number of nitriles is 2. The Kier molecular flexibility index (Phi) is 4.86. The SMILES string of the molecule is CN1C(=N)CC[C@](C)(C2=CC(C#N)CC=C2)[C@@H](c2ccc(C3(C#N)CC3)cc2)C1=O. The Bertz CT molecular complexity index is 1030. The molecule has 0 aromatic heterocycles. The summed E-state index contributed by atoms with van der Waals surface area (Å²) in [6.45, 7) is 2.09. The van der Waals surface area contributed by atoms with Crippen LogP contribution in [0.15, 0.2) is 48.1 Å². The zero-order chi connectivity index (χ0) is 21.5. The van der Waals surface area contributed by atoms with E-state index < -0.39 is 11.3 Å². The number of amides is 1. The van der Waals surface area contributed by atoms with Gasteiger partial charge < -0.3 is 4.90 Å². The molecule has 2 aliphatic carbocycles. The molecule has 1 heterocycles. The molecular weight excluding hydrogens is 372 g/mol. The molecule has 0 spiro atoms. The molecule has 152 valence electrons. The fourth-order valence-electron chi connectivity index (χ4n) is 4.85. The summed E-state index contributed by atoms with van der Waals surface area (Å²) in [6, 6.07) is 12.7. The predicted octanol–water partition coefficient (Wildman–Crippen LogP) is 4.59. The Morgan fingerprint density at radius 3 is 2.47 bits per heavy atom. The lowest BCUT2D eigenvalue weighted by Crippen LogP contribution is -2.39. The molecule has 1 saturated heterocycles. The molecule has 5 nitrogen and oxygen atoms in total. The normalized spacial score (nSPS) is 30.1. The third kappa shape index (κ3) is 3.15. The van der Waals surface area contributed by atoms with E-state index >= 15 is 0 Å². The lowest BCUT2D eigenvalue weighted by molar-refractivity contribution is -0.129. The fourth-order valence-corrected chi connectivity index (χ4v) is 4.85. The van der Waals surface area contributed by atoms with Gasteiger partial charge in [0.15, 0.2) is 0 Å². The molecule has 3 atom stereocenters. The number of benzene rings is 1. The number of amidine groups is 1. The minimum absolute atomic E-state index is 0.0949. The van der Waals surface area contributed by atoms with Crippen LogP contribution < -0.4 is 0 Å². The van der Waals surface area contributed by atoms with Gasteiger partial charge in [-0.15, -0.1) is 0 Å². The lowest BCUT2D eigenvalue weighted by Gasteiger charge is -2.38. The van der Waals surface area contributed by atoms with Crippen molar-refractivity contribution in [2.24, 2.45) is 11.3 Å². The molecule has 1 saturated carbocycles. The van der Waals surface area contributed by atoms with Gasteiger partial charge in [0.25, 0.3) is 0 Å². The highest BCUT2D eigenvalue weighted by atomic mass is 16.2. The Balaban J connectivity index is 1.80. The molecule has 1 unspecified atom stereocenters. The minimum atomic E-state index is -0.520. The van der Waals surface area contributed by atoms with Crippen LogP contribution in [0, 0.1) is 39.4 Å². The zero-order valence-electron chi connectivity index (χ0n) is 17.5. The van der Waals surface area contributed by atoms with Crippen LogP contribution in [0.3, 0.4) is 0 Å². The fraction of sp³-hybridized carbons (Fsp3) is 0.440. The van der Waals surface area contributed by atoms with Gasteiger partial charge >= 0.3 is 0 Å². The zero-order valence-corrected chi connectivity index (χ0v) is 17.5. The van der Waals surface area contributed by atoms with E-state index in [0.29, 0.717) is 25.1 Å². The standard InChI is InChI=1S/C25H26N4O/c1-24(20-5-3-4-17(14-20)15-26)11-10-21(28)29(2)23(30)22(24)18-6-8-19(9-7-18)25(16-27)12-13-25/h3,5-9,14,17,22,28H,4,10-13H2,1-2H3/t17?,22-,24+/m0/s1. The van der Waals surface area contributed by atoms with Gasteiger partial charge in [-0.3, -0.25) is 10.2 Å². The number of likely N-dealkylation sites (tertiary alicyclic amines) is 1. The average molecular weight is 399 g/mol. The van der Waals surface area contributed by atoms with Crippen LogP contribution in [0.4, 0.5) is 0 Å². The maximum atomic E-state index is 13.5. The summed E-state index contributed by atoms with van der Waals surface area (Å²) in [5.74, 6) is -0.415. The van der Waals surface area contributed by atoms with Crippen LogP contribution in [-0.4, -0.2) is 23.7 Å². The first kappa shape index (κ1) is 20.1. The van der Waals surface area contributed by atoms with Gasteiger partial charge in [0.1, 0.15) is 5.84 Å². The molecule has 1 aromatic carbocycles. The van der Waals surface area contributed by atoms with Crippen LogP contribution in [0.5, 0.6) is 0 Å². The summed E-state index contributed by atoms with van der Waals surface area (Å²) in [6.07, 6.45) is 9.69. The summed E-state index contributed by atoms with van der Waals surface area (Å²) >= 11 is 0. The largest absolute Gasteiger partial charge is 0.303 e. The lowest BCUT2D eigenvalue weighted by atomic mass is 9.64. The number of nitrogens with one attached hydrogen (secondary N) is 1. The minimum Gasteiger partial charge on any atom is -0.303 e. The summed E-state index contributed by atoms with van der Waals surface area (Å²) < 4.78 is 0. The van der Waals surface area contributed by atoms with Crippen molar-refractivity contribution in [2.45, 2.75) is 50.4 Å². The smallest absolute Gasteiger partial charge is 0.236 e. The van der Waals surface area contributed by atoms with E-state index in [-0.39, 0.29) is 17.2 Å². The highest BCUT2D eigenvalue weighted by molar-refractivity contribution is 6.01. The van der Waals surface area contributed by atoms with Crippen molar-refractivity contribution in [2.75, 3.05) is 7.05 Å². The van der Waals surface area contributed by atoms with Gasteiger partial charge in [0, 0.05) is 18.9 Å². The Hall–Kier alpha value is -3.18. The maximum Gasteiger partial charge on any atom is 0.236 e. The van der Waals surface area contributed by atoms with E-state index in [2.05, 4.69) is 19.1 Å². The van der Waals surface area contributed by atoms with Gasteiger partial charge in [0.2, 0.25) is 5.91 Å². The molecule has 30 heavy (non-hydrogen) atoms. The number of carbonyl (C=O) groups is 1. The number of allylic oxidation sites excluding steroid dienone is 4. The molecule has 1 aliphatic heterocycles. The molecule has 0 radical (unpaired) electrons. The molecule has 2 fully saturated rings. The van der Waals surface area contributed by atoms with Crippen LogP contribution >= 0.6 is 0 Å². The van der Waals surface area contributed by atoms with Crippen molar-refractivity contribution >= 4 is 11.7 Å². The summed E-state index contributed by atoms with van der Waals surface area (Å²) in [5, 5.41) is 27.2. The van der Waals surface area contributed by atoms with Gasteiger partial charge in [-0.1, -0.05) is 49.4 Å². The first-order valence-electron chi connectivity index (χ1n) is 10.5. The van der Waals surface area contributed by atoms with E-state index in [1.54, 1.807) is 7.05 Å². The third-order valence-electron chi connectivity index (χ3n) is 7.15. The monoisotopic (exact) mass is 398 g/mol. The van der Waals surface area contributed by atoms with Gasteiger partial charge in [-0.05, 0) is 42.4 Å². The number of hydrogen-bond acceptors (Lipinski definition) is 4. The topological polar surface area (TPSA) is 91.7 Å². The van der Waals surface area contributed by atoms with Crippen molar-refractivity contribution in [1.29, 1.82) is 15.9 Å². The van der Waals surface area contributed by atoms with E-state index in [1.165, 1.54) is 4.90 Å². The van der Waals surface area contributed by atoms with E-state index in [9.17, 15) is 15.3 Å². The molecule has 1 aromatic rings. The quantitative estimate of drug-likeness (QED) is 0.807. The van der Waals surface area contributed by atoms with Gasteiger partial charge in [0.05, 0.1) is 29.4 Å². The van der Waals surface area contributed by atoms with Crippen molar-refractivity contribution in [3.8, 4) is 12.1 Å². The Morgan fingerprint density at radius 2 is 1.87 bits per heavy atom. The van der Waals surface area contributed by atoms with E-state index in [0.717, 1.165) is 29.5 Å². The van der Waals surface area contributed by atoms with Gasteiger partial charge in [-0.2, -0.15) is 10.5 Å². The molecule has 1 N–H and O–H groups in total. The van der Waals surface area contributed by atoms with Gasteiger partial charge in [-0.25, -0.2) is 0 Å². The van der Waals surface area contributed by atoms with Crippen molar-refractivity contribution in [3.05, 3.63) is 59.2 Å².